The second-order valence-corrected chi connectivity index (χ2v) is 6.70. The molecule has 0 unspecified atom stereocenters. The third-order valence-electron chi connectivity index (χ3n) is 2.89. The zero-order valence-corrected chi connectivity index (χ0v) is 14.0. The van der Waals surface area contributed by atoms with Crippen LogP contribution < -0.4 is 10.6 Å². The van der Waals surface area contributed by atoms with E-state index in [2.05, 4.69) is 48.3 Å². The van der Waals surface area contributed by atoms with Crippen LogP contribution in [0.15, 0.2) is 11.2 Å². The van der Waals surface area contributed by atoms with Crippen LogP contribution in [-0.2, 0) is 6.54 Å². The van der Waals surface area contributed by atoms with Gasteiger partial charge in [0.05, 0.1) is 6.54 Å². The number of nitrogens with one attached hydrogen (secondary N) is 2. The number of nitrogens with zero attached hydrogens (tertiary/aromatic N) is 2. The lowest BCUT2D eigenvalue weighted by molar-refractivity contribution is 0.534. The Morgan fingerprint density at radius 3 is 2.75 bits per heavy atom. The topological polar surface area (TPSA) is 49.3 Å². The van der Waals surface area contributed by atoms with E-state index in [1.807, 2.05) is 6.20 Å². The van der Waals surface area contributed by atoms with Gasteiger partial charge in [-0.05, 0) is 26.2 Å². The van der Waals surface area contributed by atoms with Gasteiger partial charge in [-0.25, -0.2) is 9.98 Å². The smallest absolute Gasteiger partial charge is 0.191 e. The van der Waals surface area contributed by atoms with Crippen LogP contribution in [0.2, 0.25) is 0 Å². The van der Waals surface area contributed by atoms with Gasteiger partial charge >= 0.3 is 0 Å². The molecule has 1 heterocycles. The van der Waals surface area contributed by atoms with Gasteiger partial charge in [0.2, 0.25) is 0 Å². The largest absolute Gasteiger partial charge is 0.357 e. The molecule has 1 aromatic rings. The van der Waals surface area contributed by atoms with Crippen LogP contribution in [0.25, 0.3) is 0 Å². The number of aryl methyl sites for hydroxylation is 1. The van der Waals surface area contributed by atoms with Gasteiger partial charge < -0.3 is 10.6 Å². The highest BCUT2D eigenvalue weighted by molar-refractivity contribution is 7.11. The van der Waals surface area contributed by atoms with Crippen LogP contribution in [0, 0.1) is 12.8 Å². The summed E-state index contributed by atoms with van der Waals surface area (Å²) in [6, 6.07) is 0. The Labute approximate surface area is 127 Å². The summed E-state index contributed by atoms with van der Waals surface area (Å²) in [6.45, 7) is 11.2. The van der Waals surface area contributed by atoms with Crippen molar-refractivity contribution in [1.29, 1.82) is 0 Å². The van der Waals surface area contributed by atoms with E-state index in [-0.39, 0.29) is 0 Å². The van der Waals surface area contributed by atoms with Crippen LogP contribution in [0.5, 0.6) is 0 Å². The average molecular weight is 296 g/mol. The highest BCUT2D eigenvalue weighted by Crippen LogP contribution is 2.11. The van der Waals surface area contributed by atoms with Gasteiger partial charge in [-0.2, -0.15) is 0 Å². The fourth-order valence-electron chi connectivity index (χ4n) is 1.85. The van der Waals surface area contributed by atoms with E-state index >= 15 is 0 Å². The summed E-state index contributed by atoms with van der Waals surface area (Å²) in [5.74, 6) is 1.69. The number of aliphatic imine (C=N–C) groups is 1. The number of aromatic nitrogens is 1. The molecule has 2 N–H and O–H groups in total. The molecule has 0 bridgehead atoms. The molecule has 0 aliphatic rings. The van der Waals surface area contributed by atoms with Crippen molar-refractivity contribution in [2.45, 2.75) is 53.5 Å². The molecule has 0 amide bonds. The molecule has 4 nitrogen and oxygen atoms in total. The third-order valence-corrected chi connectivity index (χ3v) is 3.78. The minimum atomic E-state index is 0.653. The van der Waals surface area contributed by atoms with Gasteiger partial charge in [-0.15, -0.1) is 11.3 Å². The molecule has 0 saturated carbocycles. The molecule has 0 fully saturated rings. The van der Waals surface area contributed by atoms with Crippen molar-refractivity contribution in [1.82, 2.24) is 15.6 Å². The molecule has 0 atom stereocenters. The van der Waals surface area contributed by atoms with Crippen molar-refractivity contribution in [2.75, 3.05) is 13.1 Å². The molecule has 5 heteroatoms. The third kappa shape index (κ3) is 7.48. The number of hydrogen-bond acceptors (Lipinski definition) is 3. The van der Waals surface area contributed by atoms with Gasteiger partial charge in [0.15, 0.2) is 5.96 Å². The molecule has 114 valence electrons. The summed E-state index contributed by atoms with van der Waals surface area (Å²) in [7, 11) is 0. The Hall–Kier alpha value is -1.10. The van der Waals surface area contributed by atoms with E-state index in [4.69, 9.17) is 0 Å². The first-order valence-corrected chi connectivity index (χ1v) is 8.37. The Kier molecular flexibility index (Phi) is 8.26. The molecule has 1 rings (SSSR count). The predicted molar refractivity (Wildman–Crippen MR) is 88.4 cm³/mol. The normalized spacial score (nSPS) is 11.9. The zero-order valence-electron chi connectivity index (χ0n) is 13.2. The van der Waals surface area contributed by atoms with Gasteiger partial charge in [0.1, 0.15) is 5.01 Å². The summed E-state index contributed by atoms with van der Waals surface area (Å²) in [4.78, 5) is 10.1. The number of thiazole rings is 1. The van der Waals surface area contributed by atoms with Crippen LogP contribution in [-0.4, -0.2) is 24.0 Å². The Morgan fingerprint density at radius 2 is 2.15 bits per heavy atom. The molecule has 0 aromatic carbocycles. The summed E-state index contributed by atoms with van der Waals surface area (Å²) >= 11 is 1.71. The average Bonchev–Trinajstić information content (AvgIpc) is 2.81. The van der Waals surface area contributed by atoms with E-state index in [0.717, 1.165) is 30.0 Å². The fraction of sp³-hybridized carbons (Fsp3) is 0.733. The summed E-state index contributed by atoms with van der Waals surface area (Å²) in [5.41, 5.74) is 0. The van der Waals surface area contributed by atoms with Crippen LogP contribution in [0.4, 0.5) is 0 Å². The Morgan fingerprint density at radius 1 is 1.35 bits per heavy atom. The van der Waals surface area contributed by atoms with E-state index in [0.29, 0.717) is 6.54 Å². The van der Waals surface area contributed by atoms with E-state index in [9.17, 15) is 0 Å². The zero-order chi connectivity index (χ0) is 14.8. The number of unbranched alkanes of at least 4 members (excludes halogenated alkanes) is 1. The predicted octanol–water partition coefficient (Wildman–Crippen LogP) is 3.33. The second kappa shape index (κ2) is 9.75. The molecule has 0 saturated heterocycles. The molecule has 0 radical (unpaired) electrons. The highest BCUT2D eigenvalue weighted by Gasteiger charge is 2.00. The lowest BCUT2D eigenvalue weighted by Crippen LogP contribution is -2.37. The lowest BCUT2D eigenvalue weighted by atomic mass is 10.1. The van der Waals surface area contributed by atoms with E-state index in [1.54, 1.807) is 11.3 Å². The fourth-order valence-corrected chi connectivity index (χ4v) is 2.56. The first kappa shape index (κ1) is 17.0. The summed E-state index contributed by atoms with van der Waals surface area (Å²) in [5, 5.41) is 7.73. The minimum Gasteiger partial charge on any atom is -0.357 e. The van der Waals surface area contributed by atoms with Gasteiger partial charge in [-0.3, -0.25) is 0 Å². The highest BCUT2D eigenvalue weighted by atomic mass is 32.1. The first-order chi connectivity index (χ1) is 9.61. The standard InChI is InChI=1S/C15H28N4S/c1-5-16-15(17-9-7-6-8-12(2)3)19-11-14-18-10-13(4)20-14/h10,12H,5-9,11H2,1-4H3,(H2,16,17,19). The molecule has 1 aromatic heterocycles. The Balaban J connectivity index is 2.31. The maximum atomic E-state index is 4.57. The van der Waals surface area contributed by atoms with E-state index in [1.165, 1.54) is 24.1 Å². The van der Waals surface area contributed by atoms with Crippen LogP contribution in [0.1, 0.15) is 49.9 Å². The SMILES string of the molecule is CCNC(=NCc1ncc(C)s1)NCCCCC(C)C. The first-order valence-electron chi connectivity index (χ1n) is 7.55. The summed E-state index contributed by atoms with van der Waals surface area (Å²) in [6.07, 6.45) is 5.67. The number of rotatable bonds is 8. The van der Waals surface area contributed by atoms with Crippen LogP contribution in [0.3, 0.4) is 0 Å². The molecule has 0 aliphatic carbocycles. The van der Waals surface area contributed by atoms with E-state index < -0.39 is 0 Å². The van der Waals surface area contributed by atoms with Crippen molar-refractivity contribution >= 4 is 17.3 Å². The van der Waals surface area contributed by atoms with Crippen molar-refractivity contribution < 1.29 is 0 Å². The molecular formula is C15H28N4S. The molecule has 20 heavy (non-hydrogen) atoms. The maximum Gasteiger partial charge on any atom is 0.191 e. The quantitative estimate of drug-likeness (QED) is 0.439. The monoisotopic (exact) mass is 296 g/mol. The van der Waals surface area contributed by atoms with Gasteiger partial charge in [0, 0.05) is 24.2 Å². The van der Waals surface area contributed by atoms with Crippen molar-refractivity contribution in [3.63, 3.8) is 0 Å². The summed E-state index contributed by atoms with van der Waals surface area (Å²) < 4.78 is 0. The van der Waals surface area contributed by atoms with Crippen LogP contribution >= 0.6 is 11.3 Å². The molecule has 0 spiro atoms. The van der Waals surface area contributed by atoms with Gasteiger partial charge in [-0.1, -0.05) is 26.7 Å². The van der Waals surface area contributed by atoms with Crippen molar-refractivity contribution in [3.8, 4) is 0 Å². The lowest BCUT2D eigenvalue weighted by Gasteiger charge is -2.11. The second-order valence-electron chi connectivity index (χ2n) is 5.38. The van der Waals surface area contributed by atoms with Gasteiger partial charge in [0.25, 0.3) is 0 Å². The van der Waals surface area contributed by atoms with Crippen molar-refractivity contribution in [2.24, 2.45) is 10.9 Å². The maximum absolute atomic E-state index is 4.57. The minimum absolute atomic E-state index is 0.653. The molecule has 0 aliphatic heterocycles. The number of guanidine groups is 1. The Bertz CT molecular complexity index is 398. The number of hydrogen-bond donors (Lipinski definition) is 2. The molecular weight excluding hydrogens is 268 g/mol. The van der Waals surface area contributed by atoms with Crippen molar-refractivity contribution in [3.05, 3.63) is 16.1 Å².